The fourth-order valence-corrected chi connectivity index (χ4v) is 3.82. The second-order valence-corrected chi connectivity index (χ2v) is 10.9. The predicted octanol–water partition coefficient (Wildman–Crippen LogP) is 5.45. The van der Waals surface area contributed by atoms with Gasteiger partial charge in [0.25, 0.3) is 0 Å². The second kappa shape index (κ2) is 12.2. The van der Waals surface area contributed by atoms with E-state index in [9.17, 15) is 14.8 Å². The average Bonchev–Trinajstić information content (AvgIpc) is 2.60. The Bertz CT molecular complexity index is 767. The van der Waals surface area contributed by atoms with E-state index in [0.29, 0.717) is 12.1 Å². The van der Waals surface area contributed by atoms with Crippen LogP contribution in [0.4, 0.5) is 10.5 Å². The van der Waals surface area contributed by atoms with Crippen LogP contribution in [0.5, 0.6) is 0 Å². The highest BCUT2D eigenvalue weighted by Crippen LogP contribution is 2.27. The number of ether oxygens (including phenoxy) is 2. The molecule has 0 aliphatic heterocycles. The molecule has 0 heterocycles. The summed E-state index contributed by atoms with van der Waals surface area (Å²) >= 11 is 11.8. The summed E-state index contributed by atoms with van der Waals surface area (Å²) in [5.74, 6) is -0.0357. The topological polar surface area (TPSA) is 87.7 Å². The Morgan fingerprint density at radius 3 is 2.06 bits per heavy atom. The highest BCUT2D eigenvalue weighted by molar-refractivity contribution is 6.18. The number of halogens is 2. The van der Waals surface area contributed by atoms with E-state index in [2.05, 4.69) is 5.32 Å². The molecule has 188 valence electrons. The number of alkyl halides is 2. The molecule has 0 aliphatic rings. The second-order valence-electron chi connectivity index (χ2n) is 10.2. The van der Waals surface area contributed by atoms with Crippen molar-refractivity contribution < 1.29 is 19.1 Å². The Morgan fingerprint density at radius 1 is 1.03 bits per heavy atom. The van der Waals surface area contributed by atoms with Crippen LogP contribution in [0.2, 0.25) is 0 Å². The van der Waals surface area contributed by atoms with Crippen molar-refractivity contribution in [3.63, 3.8) is 0 Å². The maximum atomic E-state index is 13.3. The summed E-state index contributed by atoms with van der Waals surface area (Å²) in [5.41, 5.74) is 0.970. The van der Waals surface area contributed by atoms with E-state index < -0.39 is 34.0 Å². The van der Waals surface area contributed by atoms with Gasteiger partial charge in [0, 0.05) is 12.1 Å². The van der Waals surface area contributed by atoms with E-state index in [-0.39, 0.29) is 31.3 Å². The summed E-state index contributed by atoms with van der Waals surface area (Å²) < 4.78 is 10.2. The van der Waals surface area contributed by atoms with Crippen molar-refractivity contribution in [3.05, 3.63) is 34.5 Å². The molecule has 1 N–H and O–H groups in total. The minimum absolute atomic E-state index is 0.0408. The number of quaternary nitrogens is 1. The molecule has 33 heavy (non-hydrogen) atoms. The average molecular weight is 505 g/mol. The van der Waals surface area contributed by atoms with E-state index in [0.717, 1.165) is 11.1 Å². The van der Waals surface area contributed by atoms with Gasteiger partial charge in [-0.05, 0) is 72.1 Å². The summed E-state index contributed by atoms with van der Waals surface area (Å²) in [4.78, 5) is 25.0. The van der Waals surface area contributed by atoms with Gasteiger partial charge in [0.15, 0.2) is 0 Å². The Labute approximate surface area is 207 Å². The number of carbonyl (C=O) groups is 2. The third-order valence-electron chi connectivity index (χ3n) is 4.71. The molecular weight excluding hydrogens is 467 g/mol. The van der Waals surface area contributed by atoms with E-state index in [1.54, 1.807) is 53.7 Å². The summed E-state index contributed by atoms with van der Waals surface area (Å²) in [6.07, 6.45) is -0.344. The van der Waals surface area contributed by atoms with Gasteiger partial charge in [0.05, 0.1) is 31.3 Å². The first-order valence-electron chi connectivity index (χ1n) is 11.1. The van der Waals surface area contributed by atoms with Gasteiger partial charge >= 0.3 is 12.1 Å². The van der Waals surface area contributed by atoms with Crippen LogP contribution in [0.3, 0.4) is 0 Å². The molecule has 0 spiro atoms. The van der Waals surface area contributed by atoms with Crippen LogP contribution in [-0.2, 0) is 20.7 Å². The highest BCUT2D eigenvalue weighted by Gasteiger charge is 2.26. The van der Waals surface area contributed by atoms with E-state index in [1.165, 1.54) is 0 Å². The van der Waals surface area contributed by atoms with Gasteiger partial charge in [0.2, 0.25) is 0 Å². The largest absolute Gasteiger partial charge is 0.627 e. The number of nitrogens with one attached hydrogen (secondary N) is 1. The lowest BCUT2D eigenvalue weighted by Crippen LogP contribution is -2.46. The molecule has 0 fully saturated rings. The number of nitrogens with zero attached hydrogens (tertiary/aromatic N) is 1. The van der Waals surface area contributed by atoms with Gasteiger partial charge in [-0.2, -0.15) is 0 Å². The lowest BCUT2D eigenvalue weighted by Gasteiger charge is -2.41. The van der Waals surface area contributed by atoms with E-state index in [4.69, 9.17) is 32.7 Å². The Morgan fingerprint density at radius 2 is 1.58 bits per heavy atom. The molecular formula is C24H38Cl2N2O5. The van der Waals surface area contributed by atoms with Crippen molar-refractivity contribution >= 4 is 41.0 Å². The number of hydrogen-bond acceptors (Lipinski definition) is 5. The van der Waals surface area contributed by atoms with Gasteiger partial charge in [-0.3, -0.25) is 4.79 Å². The van der Waals surface area contributed by atoms with Crippen LogP contribution >= 0.6 is 23.2 Å². The number of benzene rings is 1. The molecule has 0 aliphatic carbocycles. The Kier molecular flexibility index (Phi) is 10.9. The zero-order chi connectivity index (χ0) is 25.4. The number of amides is 1. The number of rotatable bonds is 10. The fraction of sp³-hybridized carbons (Fsp3) is 0.667. The van der Waals surface area contributed by atoms with Crippen LogP contribution in [0.25, 0.3) is 0 Å². The third kappa shape index (κ3) is 11.0. The number of aryl methyl sites for hydroxylation is 1. The first-order valence-corrected chi connectivity index (χ1v) is 12.2. The number of hydroxylamine groups is 2. The lowest BCUT2D eigenvalue weighted by molar-refractivity contribution is -0.155. The smallest absolute Gasteiger partial charge is 0.407 e. The first-order chi connectivity index (χ1) is 15.1. The third-order valence-corrected chi connectivity index (χ3v) is 5.05. The minimum atomic E-state index is -0.681. The molecule has 7 nitrogen and oxygen atoms in total. The van der Waals surface area contributed by atoms with Gasteiger partial charge in [-0.25, -0.2) is 4.79 Å². The molecule has 1 unspecified atom stereocenters. The number of esters is 1. The number of alkyl carbamates (subject to hydrolysis) is 1. The summed E-state index contributed by atoms with van der Waals surface area (Å²) in [6, 6.07) is 4.85. The van der Waals surface area contributed by atoms with Gasteiger partial charge < -0.3 is 24.6 Å². The van der Waals surface area contributed by atoms with E-state index in [1.807, 2.05) is 13.0 Å². The van der Waals surface area contributed by atoms with Crippen molar-refractivity contribution in [1.29, 1.82) is 0 Å². The molecule has 9 heteroatoms. The van der Waals surface area contributed by atoms with Crippen molar-refractivity contribution in [2.45, 2.75) is 78.6 Å². The molecule has 0 saturated heterocycles. The standard InChI is InChI=1S/C24H38Cl2N2O5/c1-17-8-9-20(28(31,12-10-25)13-11-26)15-18(17)14-19(16-21(29)32-23(2,3)4)27-22(30)33-24(5,6)7/h8-9,15,19H,10-14,16H2,1-7H3,(H,27,30). The van der Waals surface area contributed by atoms with Gasteiger partial charge in [0.1, 0.15) is 16.9 Å². The summed E-state index contributed by atoms with van der Waals surface area (Å²) in [6.45, 7) is 13.0. The molecule has 0 bridgehead atoms. The molecule has 1 atom stereocenters. The predicted molar refractivity (Wildman–Crippen MR) is 135 cm³/mol. The maximum absolute atomic E-state index is 13.3. The van der Waals surface area contributed by atoms with Crippen LogP contribution < -0.4 is 9.96 Å². The molecule has 0 saturated carbocycles. The zero-order valence-corrected chi connectivity index (χ0v) is 22.3. The van der Waals surface area contributed by atoms with Gasteiger partial charge in [-0.15, -0.1) is 23.2 Å². The van der Waals surface area contributed by atoms with Crippen molar-refractivity contribution in [3.8, 4) is 0 Å². The SMILES string of the molecule is Cc1ccc([N+]([O-])(CCCl)CCCl)cc1CC(CC(=O)OC(C)(C)C)NC(=O)OC(C)(C)C. The monoisotopic (exact) mass is 504 g/mol. The zero-order valence-electron chi connectivity index (χ0n) is 20.8. The van der Waals surface area contributed by atoms with Crippen molar-refractivity contribution in [2.75, 3.05) is 24.8 Å². The molecule has 0 radical (unpaired) electrons. The highest BCUT2D eigenvalue weighted by atomic mass is 35.5. The maximum Gasteiger partial charge on any atom is 0.407 e. The summed E-state index contributed by atoms with van der Waals surface area (Å²) in [5, 5.41) is 16.1. The minimum Gasteiger partial charge on any atom is -0.627 e. The molecule has 1 aromatic rings. The summed E-state index contributed by atoms with van der Waals surface area (Å²) in [7, 11) is 0. The number of carbonyl (C=O) groups excluding carboxylic acids is 2. The molecule has 0 aromatic heterocycles. The van der Waals surface area contributed by atoms with E-state index >= 15 is 0 Å². The molecule has 1 rings (SSSR count). The van der Waals surface area contributed by atoms with Crippen LogP contribution in [0.15, 0.2) is 18.2 Å². The van der Waals surface area contributed by atoms with Gasteiger partial charge in [-0.1, -0.05) is 6.07 Å². The van der Waals surface area contributed by atoms with Crippen LogP contribution in [-0.4, -0.2) is 54.2 Å². The van der Waals surface area contributed by atoms with Crippen LogP contribution in [0, 0.1) is 12.1 Å². The normalized spacial score (nSPS) is 13.4. The van der Waals surface area contributed by atoms with Crippen molar-refractivity contribution in [2.24, 2.45) is 0 Å². The van der Waals surface area contributed by atoms with Crippen molar-refractivity contribution in [1.82, 2.24) is 9.96 Å². The lowest BCUT2D eigenvalue weighted by atomic mass is 9.98. The Hall–Kier alpha value is -1.54. The number of hydrogen-bond donors (Lipinski definition) is 1. The fourth-order valence-electron chi connectivity index (χ4n) is 3.27. The van der Waals surface area contributed by atoms with Crippen LogP contribution in [0.1, 0.15) is 59.1 Å². The first kappa shape index (κ1) is 29.5. The quantitative estimate of drug-likeness (QED) is 0.198. The molecule has 1 amide bonds. The Balaban J connectivity index is 3.21. The molecule has 1 aromatic carbocycles.